The molecule has 0 bridgehead atoms. The van der Waals surface area contributed by atoms with Crippen LogP contribution in [0.25, 0.3) is 0 Å². The van der Waals surface area contributed by atoms with Crippen LogP contribution in [-0.4, -0.2) is 38.3 Å². The van der Waals surface area contributed by atoms with E-state index in [0.29, 0.717) is 19.6 Å². The molecule has 0 saturated carbocycles. The predicted molar refractivity (Wildman–Crippen MR) is 84.0 cm³/mol. The number of ether oxygens (including phenoxy) is 1. The van der Waals surface area contributed by atoms with Gasteiger partial charge in [-0.05, 0) is 24.1 Å². The molecule has 0 saturated heterocycles. The van der Waals surface area contributed by atoms with E-state index in [-0.39, 0.29) is 12.3 Å². The molecule has 1 aromatic rings. The Morgan fingerprint density at radius 2 is 2.00 bits per heavy atom. The van der Waals surface area contributed by atoms with Crippen LogP contribution in [0.3, 0.4) is 0 Å². The van der Waals surface area contributed by atoms with Gasteiger partial charge in [-0.25, -0.2) is 5.43 Å². The topological polar surface area (TPSA) is 79.8 Å². The van der Waals surface area contributed by atoms with Crippen molar-refractivity contribution in [1.29, 1.82) is 0 Å². The summed E-state index contributed by atoms with van der Waals surface area (Å²) < 4.78 is 5.82. The van der Waals surface area contributed by atoms with Crippen molar-refractivity contribution in [3.63, 3.8) is 0 Å². The first-order valence-corrected chi connectivity index (χ1v) is 7.24. The maximum absolute atomic E-state index is 11.5. The number of hydrogen-bond donors (Lipinski definition) is 2. The third kappa shape index (κ3) is 8.21. The number of rotatable bonds is 8. The highest BCUT2D eigenvalue weighted by Gasteiger charge is 2.07. The van der Waals surface area contributed by atoms with Gasteiger partial charge < -0.3 is 10.1 Å². The van der Waals surface area contributed by atoms with Gasteiger partial charge in [-0.1, -0.05) is 28.1 Å². The molecule has 2 N–H and O–H groups in total. The first-order valence-electron chi connectivity index (χ1n) is 6.45. The van der Waals surface area contributed by atoms with Gasteiger partial charge in [0.1, 0.15) is 6.42 Å². The summed E-state index contributed by atoms with van der Waals surface area (Å²) in [5.41, 5.74) is 3.16. The van der Waals surface area contributed by atoms with Crippen LogP contribution in [0.1, 0.15) is 18.4 Å². The highest BCUT2D eigenvalue weighted by molar-refractivity contribution is 9.10. The van der Waals surface area contributed by atoms with Crippen LogP contribution in [0, 0.1) is 0 Å². The van der Waals surface area contributed by atoms with Gasteiger partial charge in [0.25, 0.3) is 0 Å². The lowest BCUT2D eigenvalue weighted by molar-refractivity contribution is -0.129. The molecule has 0 fully saturated rings. The Kier molecular flexibility index (Phi) is 8.30. The number of methoxy groups -OCH3 is 1. The van der Waals surface area contributed by atoms with Crippen molar-refractivity contribution < 1.29 is 14.3 Å². The second-order valence-electron chi connectivity index (χ2n) is 4.22. The standard InChI is InChI=1S/C14H18BrN3O3/c1-21-8-2-7-16-13(19)9-14(20)18-17-10-11-3-5-12(15)6-4-11/h3-6,10H,2,7-9H2,1H3,(H,16,19)(H,18,20)/b17-10-. The van der Waals surface area contributed by atoms with Gasteiger partial charge in [0.15, 0.2) is 0 Å². The van der Waals surface area contributed by atoms with Crippen molar-refractivity contribution in [3.05, 3.63) is 34.3 Å². The van der Waals surface area contributed by atoms with Crippen molar-refractivity contribution in [2.24, 2.45) is 5.10 Å². The van der Waals surface area contributed by atoms with E-state index in [1.54, 1.807) is 7.11 Å². The number of carbonyl (C=O) groups excluding carboxylic acids is 2. The normalized spacial score (nSPS) is 10.6. The van der Waals surface area contributed by atoms with E-state index < -0.39 is 5.91 Å². The van der Waals surface area contributed by atoms with E-state index in [4.69, 9.17) is 4.74 Å². The molecule has 6 nitrogen and oxygen atoms in total. The van der Waals surface area contributed by atoms with E-state index in [9.17, 15) is 9.59 Å². The van der Waals surface area contributed by atoms with Crippen LogP contribution >= 0.6 is 15.9 Å². The summed E-state index contributed by atoms with van der Waals surface area (Å²) in [5.74, 6) is -0.782. The highest BCUT2D eigenvalue weighted by atomic mass is 79.9. The Balaban J connectivity index is 2.24. The lowest BCUT2D eigenvalue weighted by Crippen LogP contribution is -2.30. The van der Waals surface area contributed by atoms with Crippen LogP contribution in [0.4, 0.5) is 0 Å². The van der Waals surface area contributed by atoms with Crippen LogP contribution in [0.15, 0.2) is 33.8 Å². The molecule has 0 atom stereocenters. The molecule has 0 aliphatic heterocycles. The molecule has 0 aliphatic carbocycles. The molecule has 21 heavy (non-hydrogen) atoms. The van der Waals surface area contributed by atoms with Gasteiger partial charge in [0.05, 0.1) is 6.21 Å². The smallest absolute Gasteiger partial charge is 0.249 e. The van der Waals surface area contributed by atoms with E-state index in [1.807, 2.05) is 24.3 Å². The van der Waals surface area contributed by atoms with E-state index in [2.05, 4.69) is 31.8 Å². The molecule has 114 valence electrons. The summed E-state index contributed by atoms with van der Waals surface area (Å²) in [5, 5.41) is 6.42. The molecule has 1 aromatic carbocycles. The molecule has 0 heterocycles. The molecule has 0 radical (unpaired) electrons. The maximum atomic E-state index is 11.5. The monoisotopic (exact) mass is 355 g/mol. The minimum absolute atomic E-state index is 0.245. The van der Waals surface area contributed by atoms with Crippen molar-refractivity contribution in [2.75, 3.05) is 20.3 Å². The van der Waals surface area contributed by atoms with Crippen LogP contribution in [0.5, 0.6) is 0 Å². The first-order chi connectivity index (χ1) is 10.1. The van der Waals surface area contributed by atoms with Gasteiger partial charge in [-0.3, -0.25) is 9.59 Å². The van der Waals surface area contributed by atoms with E-state index in [0.717, 1.165) is 10.0 Å². The Morgan fingerprint density at radius 1 is 1.29 bits per heavy atom. The van der Waals surface area contributed by atoms with Crippen molar-refractivity contribution >= 4 is 34.0 Å². The van der Waals surface area contributed by atoms with Gasteiger partial charge in [-0.15, -0.1) is 0 Å². The number of amides is 2. The summed E-state index contributed by atoms with van der Waals surface area (Å²) in [6.45, 7) is 1.06. The second-order valence-corrected chi connectivity index (χ2v) is 5.13. The predicted octanol–water partition coefficient (Wildman–Crippen LogP) is 1.44. The number of benzene rings is 1. The summed E-state index contributed by atoms with van der Waals surface area (Å²) in [7, 11) is 1.60. The van der Waals surface area contributed by atoms with Crippen molar-refractivity contribution in [3.8, 4) is 0 Å². The number of nitrogens with one attached hydrogen (secondary N) is 2. The quantitative estimate of drug-likeness (QED) is 0.320. The fraction of sp³-hybridized carbons (Fsp3) is 0.357. The molecule has 0 unspecified atom stereocenters. The lowest BCUT2D eigenvalue weighted by Gasteiger charge is -2.03. The van der Waals surface area contributed by atoms with Gasteiger partial charge in [-0.2, -0.15) is 5.10 Å². The van der Waals surface area contributed by atoms with Gasteiger partial charge in [0, 0.05) is 24.7 Å². The zero-order valence-corrected chi connectivity index (χ0v) is 13.4. The molecule has 0 spiro atoms. The average Bonchev–Trinajstić information content (AvgIpc) is 2.46. The summed E-state index contributed by atoms with van der Waals surface area (Å²) in [6.07, 6.45) is 1.98. The molecule has 2 amide bonds. The minimum atomic E-state index is -0.451. The molecule has 0 aromatic heterocycles. The lowest BCUT2D eigenvalue weighted by atomic mass is 10.2. The molecule has 0 aliphatic rings. The largest absolute Gasteiger partial charge is 0.385 e. The Morgan fingerprint density at radius 3 is 2.67 bits per heavy atom. The molecule has 1 rings (SSSR count). The minimum Gasteiger partial charge on any atom is -0.385 e. The number of hydrazone groups is 1. The highest BCUT2D eigenvalue weighted by Crippen LogP contribution is 2.08. The van der Waals surface area contributed by atoms with Crippen molar-refractivity contribution in [1.82, 2.24) is 10.7 Å². The fourth-order valence-corrected chi connectivity index (χ4v) is 1.68. The molecular formula is C14H18BrN3O3. The number of nitrogens with zero attached hydrogens (tertiary/aromatic N) is 1. The summed E-state index contributed by atoms with van der Waals surface area (Å²) >= 11 is 3.33. The Hall–Kier alpha value is -1.73. The van der Waals surface area contributed by atoms with Crippen molar-refractivity contribution in [2.45, 2.75) is 12.8 Å². The van der Waals surface area contributed by atoms with Crippen LogP contribution in [-0.2, 0) is 14.3 Å². The first kappa shape index (κ1) is 17.3. The van der Waals surface area contributed by atoms with Gasteiger partial charge >= 0.3 is 0 Å². The SMILES string of the molecule is COCCCNC(=O)CC(=O)N/N=C\c1ccc(Br)cc1. The zero-order valence-electron chi connectivity index (χ0n) is 11.8. The average molecular weight is 356 g/mol. The second kappa shape index (κ2) is 10.1. The molecule has 7 heteroatoms. The van der Waals surface area contributed by atoms with Gasteiger partial charge in [0.2, 0.25) is 11.8 Å². The third-order valence-electron chi connectivity index (χ3n) is 2.44. The Labute approximate surface area is 132 Å². The Bertz CT molecular complexity index is 489. The van der Waals surface area contributed by atoms with Crippen LogP contribution < -0.4 is 10.7 Å². The number of hydrogen-bond acceptors (Lipinski definition) is 4. The maximum Gasteiger partial charge on any atom is 0.249 e. The number of halogens is 1. The third-order valence-corrected chi connectivity index (χ3v) is 2.97. The zero-order chi connectivity index (χ0) is 15.5. The number of carbonyl (C=O) groups is 2. The summed E-state index contributed by atoms with van der Waals surface area (Å²) in [4.78, 5) is 22.9. The van der Waals surface area contributed by atoms with E-state index >= 15 is 0 Å². The fourth-order valence-electron chi connectivity index (χ4n) is 1.42. The molecular weight excluding hydrogens is 338 g/mol. The van der Waals surface area contributed by atoms with E-state index in [1.165, 1.54) is 6.21 Å². The summed E-state index contributed by atoms with van der Waals surface area (Å²) in [6, 6.07) is 7.44. The van der Waals surface area contributed by atoms with Crippen LogP contribution in [0.2, 0.25) is 0 Å².